The summed E-state index contributed by atoms with van der Waals surface area (Å²) in [4.78, 5) is 24.8. The van der Waals surface area contributed by atoms with E-state index in [-0.39, 0.29) is 36.2 Å². The summed E-state index contributed by atoms with van der Waals surface area (Å²) in [6, 6.07) is 1.70. The lowest BCUT2D eigenvalue weighted by Crippen LogP contribution is -2.37. The number of amides is 1. The maximum Gasteiger partial charge on any atom is 0.429 e. The van der Waals surface area contributed by atoms with Gasteiger partial charge < -0.3 is 5.32 Å². The Morgan fingerprint density at radius 2 is 1.87 bits per heavy atom. The summed E-state index contributed by atoms with van der Waals surface area (Å²) in [7, 11) is -3.83. The van der Waals surface area contributed by atoms with Crippen molar-refractivity contribution in [2.45, 2.75) is 56.4 Å². The Morgan fingerprint density at radius 1 is 1.21 bits per heavy atom. The first-order valence-corrected chi connectivity index (χ1v) is 13.5. The van der Waals surface area contributed by atoms with E-state index in [0.717, 1.165) is 18.4 Å². The van der Waals surface area contributed by atoms with Crippen LogP contribution in [0, 0.1) is 29.9 Å². The molecule has 1 aliphatic carbocycles. The number of alkyl halides is 3. The van der Waals surface area contributed by atoms with E-state index in [1.165, 1.54) is 6.20 Å². The third-order valence-electron chi connectivity index (χ3n) is 6.01. The summed E-state index contributed by atoms with van der Waals surface area (Å²) >= 11 is 0. The minimum atomic E-state index is -4.81. The molecule has 2 N–H and O–H groups in total. The van der Waals surface area contributed by atoms with Crippen molar-refractivity contribution >= 4 is 27.2 Å². The number of nitrogens with one attached hydrogen (secondary N) is 2. The summed E-state index contributed by atoms with van der Waals surface area (Å²) in [5, 5.41) is 9.59. The van der Waals surface area contributed by atoms with Crippen LogP contribution >= 0.6 is 0 Å². The summed E-state index contributed by atoms with van der Waals surface area (Å²) in [6.45, 7) is 0.996. The normalized spacial score (nSPS) is 18.3. The van der Waals surface area contributed by atoms with E-state index in [4.69, 9.17) is 5.41 Å². The average Bonchev–Trinajstić information content (AvgIpc) is 2.80. The van der Waals surface area contributed by atoms with Crippen LogP contribution in [0.4, 0.5) is 22.0 Å². The highest BCUT2D eigenvalue weighted by molar-refractivity contribution is 7.90. The predicted octanol–water partition coefficient (Wildman–Crippen LogP) is 4.08. The quantitative estimate of drug-likeness (QED) is 0.287. The molecule has 2 unspecified atom stereocenters. The highest BCUT2D eigenvalue weighted by Gasteiger charge is 2.41. The van der Waals surface area contributed by atoms with Gasteiger partial charge in [-0.3, -0.25) is 15.2 Å². The van der Waals surface area contributed by atoms with E-state index in [2.05, 4.69) is 20.3 Å². The standard InChI is InChI=1S/C24H26F5N5O3S/c1-13-11-32-23(38(2,36)37)34-21(13)19(9-14-7-15(25)10-16(26)8-14)33-20(35)12-31-18-6-4-3-5-17(18)22(30)24(27,28)29/h7-8,10-11,17,19,30H,3-6,9,12H2,1-2H3,(H,33,35). The summed E-state index contributed by atoms with van der Waals surface area (Å²) in [5.74, 6) is -3.68. The van der Waals surface area contributed by atoms with Gasteiger partial charge >= 0.3 is 6.18 Å². The minimum Gasteiger partial charge on any atom is -0.346 e. The van der Waals surface area contributed by atoms with Crippen molar-refractivity contribution in [3.63, 3.8) is 0 Å². The summed E-state index contributed by atoms with van der Waals surface area (Å²) in [5.41, 5.74) is -0.691. The third-order valence-corrected chi connectivity index (χ3v) is 6.87. The number of rotatable bonds is 8. The lowest BCUT2D eigenvalue weighted by atomic mass is 9.83. The van der Waals surface area contributed by atoms with E-state index in [1.807, 2.05) is 0 Å². The molecule has 1 aliphatic rings. The smallest absolute Gasteiger partial charge is 0.346 e. The first kappa shape index (κ1) is 29.3. The molecule has 38 heavy (non-hydrogen) atoms. The van der Waals surface area contributed by atoms with Gasteiger partial charge in [-0.1, -0.05) is 6.42 Å². The molecule has 3 rings (SSSR count). The molecule has 1 amide bonds. The van der Waals surface area contributed by atoms with Crippen LogP contribution in [-0.4, -0.2) is 54.7 Å². The number of hydrogen-bond donors (Lipinski definition) is 2. The van der Waals surface area contributed by atoms with Crippen molar-refractivity contribution in [1.82, 2.24) is 15.3 Å². The molecule has 0 spiro atoms. The maximum atomic E-state index is 13.8. The molecule has 1 fully saturated rings. The van der Waals surface area contributed by atoms with Crippen LogP contribution in [0.15, 0.2) is 34.5 Å². The van der Waals surface area contributed by atoms with Gasteiger partial charge in [0.2, 0.25) is 20.9 Å². The van der Waals surface area contributed by atoms with Crippen molar-refractivity contribution in [1.29, 1.82) is 5.41 Å². The molecule has 0 radical (unpaired) electrons. The third kappa shape index (κ3) is 7.62. The van der Waals surface area contributed by atoms with E-state index >= 15 is 0 Å². The lowest BCUT2D eigenvalue weighted by Gasteiger charge is -2.26. The fraction of sp³-hybridized carbons (Fsp3) is 0.458. The van der Waals surface area contributed by atoms with E-state index in [9.17, 15) is 35.2 Å². The Kier molecular flexibility index (Phi) is 8.95. The molecule has 0 aliphatic heterocycles. The largest absolute Gasteiger partial charge is 0.429 e. The second-order valence-corrected chi connectivity index (χ2v) is 11.0. The van der Waals surface area contributed by atoms with Crippen molar-refractivity contribution in [2.75, 3.05) is 12.8 Å². The van der Waals surface area contributed by atoms with Gasteiger partial charge in [0, 0.05) is 30.1 Å². The Bertz CT molecular complexity index is 1340. The predicted molar refractivity (Wildman–Crippen MR) is 129 cm³/mol. The van der Waals surface area contributed by atoms with Crippen LogP contribution in [0.5, 0.6) is 0 Å². The molecule has 1 heterocycles. The fourth-order valence-electron chi connectivity index (χ4n) is 4.26. The molecule has 2 aromatic rings. The number of halogens is 5. The van der Waals surface area contributed by atoms with Crippen LogP contribution in [-0.2, 0) is 21.1 Å². The highest BCUT2D eigenvalue weighted by atomic mass is 32.2. The van der Waals surface area contributed by atoms with Crippen LogP contribution in [0.1, 0.15) is 48.5 Å². The number of carbonyl (C=O) groups is 1. The number of sulfone groups is 1. The van der Waals surface area contributed by atoms with Gasteiger partial charge in [-0.25, -0.2) is 27.2 Å². The van der Waals surface area contributed by atoms with Gasteiger partial charge in [-0.05, 0) is 55.9 Å². The Morgan fingerprint density at radius 3 is 2.47 bits per heavy atom. The van der Waals surface area contributed by atoms with E-state index < -0.39 is 62.9 Å². The molecule has 8 nitrogen and oxygen atoms in total. The zero-order valence-corrected chi connectivity index (χ0v) is 21.4. The van der Waals surface area contributed by atoms with Crippen molar-refractivity contribution < 1.29 is 35.2 Å². The Hall–Kier alpha value is -3.29. The number of aliphatic imine (C=N–C) groups is 1. The lowest BCUT2D eigenvalue weighted by molar-refractivity contribution is -0.120. The first-order valence-electron chi connectivity index (χ1n) is 11.6. The Labute approximate surface area is 216 Å². The fourth-order valence-corrected chi connectivity index (χ4v) is 4.77. The SMILES string of the molecule is Cc1cnc(S(C)(=O)=O)nc1C(Cc1cc(F)cc(F)c1)NC(=O)CN=C1CCCCC1C(=N)C(F)(F)F. The van der Waals surface area contributed by atoms with E-state index in [0.29, 0.717) is 24.5 Å². The summed E-state index contributed by atoms with van der Waals surface area (Å²) < 4.78 is 91.0. The van der Waals surface area contributed by atoms with Crippen LogP contribution < -0.4 is 5.32 Å². The van der Waals surface area contributed by atoms with Gasteiger partial charge in [0.1, 0.15) is 23.9 Å². The maximum absolute atomic E-state index is 13.8. The molecule has 1 saturated carbocycles. The number of carbonyl (C=O) groups excluding carboxylic acids is 1. The van der Waals surface area contributed by atoms with Crippen LogP contribution in [0.2, 0.25) is 0 Å². The number of aromatic nitrogens is 2. The zero-order valence-electron chi connectivity index (χ0n) is 20.6. The van der Waals surface area contributed by atoms with Gasteiger partial charge in [0.25, 0.3) is 0 Å². The van der Waals surface area contributed by atoms with Gasteiger partial charge in [-0.15, -0.1) is 0 Å². The van der Waals surface area contributed by atoms with Crippen molar-refractivity contribution in [3.05, 3.63) is 52.9 Å². The number of hydrogen-bond acceptors (Lipinski definition) is 7. The molecular weight excluding hydrogens is 533 g/mol. The zero-order chi connectivity index (χ0) is 28.3. The van der Waals surface area contributed by atoms with Gasteiger partial charge in [0.15, 0.2) is 0 Å². The van der Waals surface area contributed by atoms with E-state index in [1.54, 1.807) is 6.92 Å². The molecule has 0 bridgehead atoms. The van der Waals surface area contributed by atoms with Crippen LogP contribution in [0.3, 0.4) is 0 Å². The first-order chi connectivity index (χ1) is 17.6. The highest BCUT2D eigenvalue weighted by Crippen LogP contribution is 2.30. The number of aryl methyl sites for hydroxylation is 1. The minimum absolute atomic E-state index is 0.0838. The molecule has 0 saturated heterocycles. The number of nitrogens with zero attached hydrogens (tertiary/aromatic N) is 3. The molecule has 2 atom stereocenters. The average molecular weight is 560 g/mol. The monoisotopic (exact) mass is 559 g/mol. The second-order valence-electron chi connectivity index (χ2n) is 9.11. The second kappa shape index (κ2) is 11.6. The number of benzene rings is 1. The molecule has 14 heteroatoms. The van der Waals surface area contributed by atoms with Crippen molar-refractivity contribution in [2.24, 2.45) is 10.9 Å². The molecule has 1 aromatic heterocycles. The van der Waals surface area contributed by atoms with Crippen molar-refractivity contribution in [3.8, 4) is 0 Å². The Balaban J connectivity index is 1.90. The van der Waals surface area contributed by atoms with Gasteiger partial charge in [0.05, 0.1) is 11.7 Å². The summed E-state index contributed by atoms with van der Waals surface area (Å²) in [6.07, 6.45) is -1.48. The molecule has 1 aromatic carbocycles. The molecule has 206 valence electrons. The molecular formula is C24H26F5N5O3S. The van der Waals surface area contributed by atoms with Crippen LogP contribution in [0.25, 0.3) is 0 Å². The topological polar surface area (TPSA) is 125 Å². The van der Waals surface area contributed by atoms with Gasteiger partial charge in [-0.2, -0.15) is 13.2 Å².